The zero-order valence-electron chi connectivity index (χ0n) is 18.0. The molecular weight excluding hydrogens is 380 g/mol. The van der Waals surface area contributed by atoms with Crippen LogP contribution in [0.25, 0.3) is 0 Å². The van der Waals surface area contributed by atoms with Gasteiger partial charge in [-0.3, -0.25) is 4.79 Å². The average Bonchev–Trinajstić information content (AvgIpc) is 3.27. The molecule has 0 bridgehead atoms. The second-order valence-corrected chi connectivity index (χ2v) is 8.10. The Hall–Kier alpha value is -2.15. The highest BCUT2D eigenvalue weighted by molar-refractivity contribution is 5.76. The number of nitrogens with zero attached hydrogens (tertiary/aromatic N) is 1. The van der Waals surface area contributed by atoms with Gasteiger partial charge < -0.3 is 24.8 Å². The first-order valence-electron chi connectivity index (χ1n) is 10.9. The number of aliphatic hydroxyl groups is 1. The molecule has 1 aliphatic heterocycles. The van der Waals surface area contributed by atoms with Gasteiger partial charge in [-0.15, -0.1) is 0 Å². The van der Waals surface area contributed by atoms with Gasteiger partial charge in [0.25, 0.3) is 0 Å². The van der Waals surface area contributed by atoms with Gasteiger partial charge in [-0.05, 0) is 57.0 Å². The van der Waals surface area contributed by atoms with Crippen LogP contribution in [0.15, 0.2) is 48.1 Å². The summed E-state index contributed by atoms with van der Waals surface area (Å²) in [6, 6.07) is 6.98. The number of hydrogen-bond acceptors (Lipinski definition) is 5. The highest BCUT2D eigenvalue weighted by Crippen LogP contribution is 2.22. The van der Waals surface area contributed by atoms with E-state index in [1.54, 1.807) is 7.11 Å². The number of rotatable bonds is 10. The normalized spacial score (nSPS) is 21.2. The van der Waals surface area contributed by atoms with Crippen LogP contribution < -0.4 is 10.1 Å². The van der Waals surface area contributed by atoms with Gasteiger partial charge in [-0.1, -0.05) is 35.9 Å². The molecule has 1 fully saturated rings. The number of carbonyl (C=O) groups is 1. The van der Waals surface area contributed by atoms with Crippen LogP contribution in [-0.2, 0) is 9.53 Å². The molecule has 1 saturated heterocycles. The van der Waals surface area contributed by atoms with Crippen LogP contribution in [-0.4, -0.2) is 61.4 Å². The first-order valence-corrected chi connectivity index (χ1v) is 10.9. The summed E-state index contributed by atoms with van der Waals surface area (Å²) in [5, 5.41) is 14.0. The maximum Gasteiger partial charge on any atom is 0.222 e. The van der Waals surface area contributed by atoms with Crippen LogP contribution in [0.5, 0.6) is 5.75 Å². The summed E-state index contributed by atoms with van der Waals surface area (Å²) in [5.41, 5.74) is 2.01. The van der Waals surface area contributed by atoms with Crippen LogP contribution in [0, 0.1) is 0 Å². The van der Waals surface area contributed by atoms with Crippen molar-refractivity contribution in [3.63, 3.8) is 0 Å². The van der Waals surface area contributed by atoms with Gasteiger partial charge >= 0.3 is 0 Å². The summed E-state index contributed by atoms with van der Waals surface area (Å²) in [4.78, 5) is 14.9. The molecule has 164 valence electrons. The number of allylic oxidation sites excluding steroid dienone is 2. The first-order chi connectivity index (χ1) is 14.5. The maximum absolute atomic E-state index is 12.6. The van der Waals surface area contributed by atoms with Crippen LogP contribution in [0.3, 0.4) is 0 Å². The summed E-state index contributed by atoms with van der Waals surface area (Å²) in [6.45, 7) is 5.07. The van der Waals surface area contributed by atoms with E-state index in [1.807, 2.05) is 36.4 Å². The molecular formula is C24H34N2O4. The van der Waals surface area contributed by atoms with Crippen molar-refractivity contribution in [2.75, 3.05) is 33.4 Å². The first kappa shape index (κ1) is 22.5. The minimum atomic E-state index is -0.782. The van der Waals surface area contributed by atoms with E-state index in [2.05, 4.69) is 23.2 Å². The van der Waals surface area contributed by atoms with Crippen LogP contribution in [0.1, 0.15) is 44.3 Å². The standard InChI is InChI=1S/C24H34N2O4/c1-18-5-9-21(10-6-18)30-16-13-23(27)25-22(17-26-14-3-4-15-26)24(28)19-7-11-20(29-2)12-8-19/h5-9,11-12,21-22,24,28H,3-4,10,13-17H2,1-2H3,(H,25,27)/t21?,22-,24-/m1/s1. The topological polar surface area (TPSA) is 71.0 Å². The molecule has 0 spiro atoms. The van der Waals surface area contributed by atoms with E-state index < -0.39 is 6.10 Å². The largest absolute Gasteiger partial charge is 0.497 e. The van der Waals surface area contributed by atoms with Gasteiger partial charge in [-0.2, -0.15) is 0 Å². The minimum absolute atomic E-state index is 0.0341. The van der Waals surface area contributed by atoms with E-state index >= 15 is 0 Å². The number of hydrogen-bond donors (Lipinski definition) is 2. The maximum atomic E-state index is 12.6. The summed E-state index contributed by atoms with van der Waals surface area (Å²) in [7, 11) is 1.62. The third kappa shape index (κ3) is 6.69. The van der Waals surface area contributed by atoms with Gasteiger partial charge in [0.2, 0.25) is 5.91 Å². The average molecular weight is 415 g/mol. The number of ether oxygens (including phenoxy) is 2. The molecule has 1 amide bonds. The zero-order chi connectivity index (χ0) is 21.3. The fraction of sp³-hybridized carbons (Fsp3) is 0.542. The summed E-state index contributed by atoms with van der Waals surface area (Å²) >= 11 is 0. The summed E-state index contributed by atoms with van der Waals surface area (Å²) < 4.78 is 11.0. The molecule has 6 nitrogen and oxygen atoms in total. The SMILES string of the molecule is COc1ccc([C@@H](O)[C@@H](CN2CCCC2)NC(=O)CCOC2C=CC(C)=CC2)cc1. The molecule has 2 N–H and O–H groups in total. The lowest BCUT2D eigenvalue weighted by atomic mass is 10.0. The molecule has 0 radical (unpaired) electrons. The van der Waals surface area contributed by atoms with E-state index in [0.29, 0.717) is 13.2 Å². The van der Waals surface area contributed by atoms with Gasteiger partial charge in [0.15, 0.2) is 0 Å². The van der Waals surface area contributed by atoms with E-state index in [0.717, 1.165) is 43.7 Å². The fourth-order valence-corrected chi connectivity index (χ4v) is 3.91. The molecule has 6 heteroatoms. The van der Waals surface area contributed by atoms with Crippen molar-refractivity contribution in [2.45, 2.75) is 50.9 Å². The molecule has 0 aromatic heterocycles. The third-order valence-electron chi connectivity index (χ3n) is 5.75. The molecule has 3 rings (SSSR count). The van der Waals surface area contributed by atoms with E-state index in [9.17, 15) is 9.90 Å². The van der Waals surface area contributed by atoms with E-state index in [1.165, 1.54) is 5.57 Å². The number of amides is 1. The number of carbonyl (C=O) groups excluding carboxylic acids is 1. The highest BCUT2D eigenvalue weighted by atomic mass is 16.5. The Morgan fingerprint density at radius 2 is 2.00 bits per heavy atom. The van der Waals surface area contributed by atoms with Gasteiger partial charge in [0, 0.05) is 13.0 Å². The van der Waals surface area contributed by atoms with Crippen LogP contribution in [0.2, 0.25) is 0 Å². The molecule has 3 atom stereocenters. The van der Waals surface area contributed by atoms with Crippen molar-refractivity contribution in [3.8, 4) is 5.75 Å². The Morgan fingerprint density at radius 3 is 2.63 bits per heavy atom. The second-order valence-electron chi connectivity index (χ2n) is 8.10. The van der Waals surface area contributed by atoms with Crippen molar-refractivity contribution in [1.29, 1.82) is 0 Å². The number of methoxy groups -OCH3 is 1. The molecule has 1 aliphatic carbocycles. The number of benzene rings is 1. The van der Waals surface area contributed by atoms with Crippen LogP contribution >= 0.6 is 0 Å². The molecule has 1 aromatic carbocycles. The van der Waals surface area contributed by atoms with E-state index in [4.69, 9.17) is 9.47 Å². The summed E-state index contributed by atoms with van der Waals surface area (Å²) in [5.74, 6) is 0.642. The molecule has 0 saturated carbocycles. The van der Waals surface area contributed by atoms with Gasteiger partial charge in [0.1, 0.15) is 11.9 Å². The second kappa shape index (κ2) is 11.3. The van der Waals surface area contributed by atoms with Gasteiger partial charge in [-0.25, -0.2) is 0 Å². The molecule has 1 heterocycles. The lowest BCUT2D eigenvalue weighted by Crippen LogP contribution is -2.47. The van der Waals surface area contributed by atoms with Crippen molar-refractivity contribution in [1.82, 2.24) is 10.2 Å². The Balaban J connectivity index is 1.54. The third-order valence-corrected chi connectivity index (χ3v) is 5.75. The van der Waals surface area contributed by atoms with Crippen LogP contribution in [0.4, 0.5) is 0 Å². The predicted molar refractivity (Wildman–Crippen MR) is 117 cm³/mol. The van der Waals surface area contributed by atoms with Crippen molar-refractivity contribution >= 4 is 5.91 Å². The smallest absolute Gasteiger partial charge is 0.222 e. The highest BCUT2D eigenvalue weighted by Gasteiger charge is 2.26. The quantitative estimate of drug-likeness (QED) is 0.616. The summed E-state index contributed by atoms with van der Waals surface area (Å²) in [6.07, 6.45) is 8.93. The fourth-order valence-electron chi connectivity index (χ4n) is 3.91. The Labute approximate surface area is 179 Å². The number of likely N-dealkylation sites (tertiary alicyclic amines) is 1. The monoisotopic (exact) mass is 414 g/mol. The van der Waals surface area contributed by atoms with E-state index in [-0.39, 0.29) is 24.5 Å². The van der Waals surface area contributed by atoms with Crippen molar-refractivity contribution in [2.24, 2.45) is 0 Å². The minimum Gasteiger partial charge on any atom is -0.497 e. The number of aliphatic hydroxyl groups excluding tert-OH is 1. The molecule has 2 aliphatic rings. The Kier molecular flexibility index (Phi) is 8.49. The predicted octanol–water partition coefficient (Wildman–Crippen LogP) is 2.99. The lowest BCUT2D eigenvalue weighted by molar-refractivity contribution is -0.124. The lowest BCUT2D eigenvalue weighted by Gasteiger charge is -2.29. The Bertz CT molecular complexity index is 738. The van der Waals surface area contributed by atoms with Gasteiger partial charge in [0.05, 0.1) is 25.9 Å². The zero-order valence-corrected chi connectivity index (χ0v) is 18.0. The van der Waals surface area contributed by atoms with Crippen molar-refractivity contribution in [3.05, 3.63) is 53.6 Å². The molecule has 30 heavy (non-hydrogen) atoms. The molecule has 1 unspecified atom stereocenters. The Morgan fingerprint density at radius 1 is 1.27 bits per heavy atom. The number of nitrogens with one attached hydrogen (secondary N) is 1. The van der Waals surface area contributed by atoms with Crippen molar-refractivity contribution < 1.29 is 19.4 Å². The molecule has 1 aromatic rings.